The van der Waals surface area contributed by atoms with Crippen LogP contribution in [-0.2, 0) is 12.8 Å². The first-order chi connectivity index (χ1) is 10.4. The summed E-state index contributed by atoms with van der Waals surface area (Å²) in [5.74, 6) is -0.0791. The Morgan fingerprint density at radius 1 is 1.36 bits per heavy atom. The number of rotatable bonds is 7. The maximum atomic E-state index is 12.1. The van der Waals surface area contributed by atoms with Crippen LogP contribution in [0.3, 0.4) is 0 Å². The Kier molecular flexibility index (Phi) is 5.33. The van der Waals surface area contributed by atoms with Gasteiger partial charge >= 0.3 is 0 Å². The van der Waals surface area contributed by atoms with Crippen LogP contribution in [0, 0.1) is 0 Å². The average molecular weight is 301 g/mol. The fourth-order valence-corrected chi connectivity index (χ4v) is 2.15. The SMILES string of the molecule is CC(C)(O)CCc1cccc(C(=O)NCCc2cnc[nH]2)c1. The number of nitrogens with one attached hydrogen (secondary N) is 2. The van der Waals surface area contributed by atoms with Crippen molar-refractivity contribution in [3.63, 3.8) is 0 Å². The lowest BCUT2D eigenvalue weighted by Crippen LogP contribution is -2.26. The fourth-order valence-electron chi connectivity index (χ4n) is 2.15. The number of benzene rings is 1. The molecule has 2 aromatic rings. The number of aromatic amines is 1. The van der Waals surface area contributed by atoms with Crippen LogP contribution in [-0.4, -0.2) is 33.1 Å². The molecule has 0 bridgehead atoms. The maximum absolute atomic E-state index is 12.1. The van der Waals surface area contributed by atoms with Gasteiger partial charge in [0.1, 0.15) is 0 Å². The van der Waals surface area contributed by atoms with Crippen molar-refractivity contribution in [1.82, 2.24) is 15.3 Å². The molecule has 1 heterocycles. The van der Waals surface area contributed by atoms with E-state index in [9.17, 15) is 9.90 Å². The molecule has 3 N–H and O–H groups in total. The minimum atomic E-state index is -0.692. The van der Waals surface area contributed by atoms with E-state index in [4.69, 9.17) is 0 Å². The van der Waals surface area contributed by atoms with Crippen LogP contribution in [0.4, 0.5) is 0 Å². The van der Waals surface area contributed by atoms with Crippen LogP contribution in [0.25, 0.3) is 0 Å². The predicted octanol–water partition coefficient (Wildman–Crippen LogP) is 2.09. The highest BCUT2D eigenvalue weighted by atomic mass is 16.3. The summed E-state index contributed by atoms with van der Waals surface area (Å²) in [7, 11) is 0. The molecule has 5 nitrogen and oxygen atoms in total. The summed E-state index contributed by atoms with van der Waals surface area (Å²) < 4.78 is 0. The van der Waals surface area contributed by atoms with Crippen molar-refractivity contribution in [2.75, 3.05) is 6.54 Å². The van der Waals surface area contributed by atoms with Crippen molar-refractivity contribution < 1.29 is 9.90 Å². The van der Waals surface area contributed by atoms with E-state index in [1.54, 1.807) is 32.4 Å². The molecule has 0 unspecified atom stereocenters. The first kappa shape index (κ1) is 16.2. The molecular weight excluding hydrogens is 278 g/mol. The number of aliphatic hydroxyl groups is 1. The van der Waals surface area contributed by atoms with Crippen molar-refractivity contribution in [2.24, 2.45) is 0 Å². The van der Waals surface area contributed by atoms with Gasteiger partial charge in [-0.15, -0.1) is 0 Å². The van der Waals surface area contributed by atoms with Crippen LogP contribution in [0.15, 0.2) is 36.8 Å². The summed E-state index contributed by atoms with van der Waals surface area (Å²) in [5, 5.41) is 12.7. The van der Waals surface area contributed by atoms with Gasteiger partial charge in [0.2, 0.25) is 0 Å². The Morgan fingerprint density at radius 3 is 2.86 bits per heavy atom. The summed E-state index contributed by atoms with van der Waals surface area (Å²) in [4.78, 5) is 19.1. The first-order valence-corrected chi connectivity index (χ1v) is 7.51. The number of aromatic nitrogens is 2. The van der Waals surface area contributed by atoms with Crippen molar-refractivity contribution >= 4 is 5.91 Å². The summed E-state index contributed by atoms with van der Waals surface area (Å²) >= 11 is 0. The van der Waals surface area contributed by atoms with Gasteiger partial charge in [-0.05, 0) is 44.4 Å². The first-order valence-electron chi connectivity index (χ1n) is 7.51. The zero-order chi connectivity index (χ0) is 16.0. The third-order valence-corrected chi connectivity index (χ3v) is 3.45. The summed E-state index contributed by atoms with van der Waals surface area (Å²) in [6.07, 6.45) is 5.52. The second-order valence-corrected chi connectivity index (χ2v) is 6.10. The number of aryl methyl sites for hydroxylation is 1. The molecule has 5 heteroatoms. The molecule has 22 heavy (non-hydrogen) atoms. The molecule has 0 aliphatic carbocycles. The van der Waals surface area contributed by atoms with Gasteiger partial charge in [-0.1, -0.05) is 12.1 Å². The molecule has 1 aromatic carbocycles. The quantitative estimate of drug-likeness (QED) is 0.732. The molecule has 0 aliphatic heterocycles. The van der Waals surface area contributed by atoms with Crippen LogP contribution in [0.2, 0.25) is 0 Å². The van der Waals surface area contributed by atoms with Crippen molar-refractivity contribution in [2.45, 2.75) is 38.7 Å². The van der Waals surface area contributed by atoms with E-state index in [-0.39, 0.29) is 5.91 Å². The smallest absolute Gasteiger partial charge is 0.251 e. The normalized spacial score (nSPS) is 11.4. The molecule has 0 radical (unpaired) electrons. The van der Waals surface area contributed by atoms with Gasteiger partial charge in [-0.25, -0.2) is 4.98 Å². The van der Waals surface area contributed by atoms with E-state index in [1.807, 2.05) is 18.2 Å². The van der Waals surface area contributed by atoms with Gasteiger partial charge in [0.05, 0.1) is 11.9 Å². The van der Waals surface area contributed by atoms with Crippen molar-refractivity contribution in [1.29, 1.82) is 0 Å². The van der Waals surface area contributed by atoms with Gasteiger partial charge in [-0.2, -0.15) is 0 Å². The van der Waals surface area contributed by atoms with Crippen LogP contribution < -0.4 is 5.32 Å². The van der Waals surface area contributed by atoms with Crippen LogP contribution >= 0.6 is 0 Å². The zero-order valence-corrected chi connectivity index (χ0v) is 13.1. The second kappa shape index (κ2) is 7.22. The lowest BCUT2D eigenvalue weighted by atomic mass is 9.98. The molecular formula is C17H23N3O2. The van der Waals surface area contributed by atoms with E-state index in [0.29, 0.717) is 18.5 Å². The lowest BCUT2D eigenvalue weighted by Gasteiger charge is -2.16. The summed E-state index contributed by atoms with van der Waals surface area (Å²) in [5.41, 5.74) is 2.02. The van der Waals surface area contributed by atoms with Gasteiger partial charge in [0, 0.05) is 30.4 Å². The highest BCUT2D eigenvalue weighted by Crippen LogP contribution is 2.14. The van der Waals surface area contributed by atoms with Gasteiger partial charge in [-0.3, -0.25) is 4.79 Å². The largest absolute Gasteiger partial charge is 0.390 e. The standard InChI is InChI=1S/C17H23N3O2/c1-17(2,22)8-6-13-4-3-5-14(10-13)16(21)19-9-7-15-11-18-12-20-15/h3-5,10-12,22H,6-9H2,1-2H3,(H,18,20)(H,19,21). The number of carbonyl (C=O) groups is 1. The molecule has 0 spiro atoms. The second-order valence-electron chi connectivity index (χ2n) is 6.10. The molecule has 0 saturated carbocycles. The zero-order valence-electron chi connectivity index (χ0n) is 13.1. The number of nitrogens with zero attached hydrogens (tertiary/aromatic N) is 1. The molecule has 1 aromatic heterocycles. The third-order valence-electron chi connectivity index (χ3n) is 3.45. The number of hydrogen-bond acceptors (Lipinski definition) is 3. The number of hydrogen-bond donors (Lipinski definition) is 3. The van der Waals surface area contributed by atoms with Crippen LogP contribution in [0.5, 0.6) is 0 Å². The van der Waals surface area contributed by atoms with E-state index >= 15 is 0 Å². The van der Waals surface area contributed by atoms with E-state index < -0.39 is 5.60 Å². The monoisotopic (exact) mass is 301 g/mol. The Bertz CT molecular complexity index is 601. The Morgan fingerprint density at radius 2 is 2.18 bits per heavy atom. The average Bonchev–Trinajstić information content (AvgIpc) is 2.98. The Labute approximate surface area is 130 Å². The topological polar surface area (TPSA) is 78.0 Å². The van der Waals surface area contributed by atoms with Gasteiger partial charge in [0.15, 0.2) is 0 Å². The fraction of sp³-hybridized carbons (Fsp3) is 0.412. The van der Waals surface area contributed by atoms with Crippen molar-refractivity contribution in [3.05, 3.63) is 53.6 Å². The number of H-pyrrole nitrogens is 1. The Balaban J connectivity index is 1.86. The molecule has 2 rings (SSSR count). The molecule has 0 saturated heterocycles. The summed E-state index contributed by atoms with van der Waals surface area (Å²) in [6, 6.07) is 7.55. The number of carbonyl (C=O) groups excluding carboxylic acids is 1. The molecule has 0 atom stereocenters. The third kappa shape index (κ3) is 5.33. The van der Waals surface area contributed by atoms with E-state index in [2.05, 4.69) is 15.3 Å². The molecule has 1 amide bonds. The van der Waals surface area contributed by atoms with E-state index in [1.165, 1.54) is 0 Å². The summed E-state index contributed by atoms with van der Waals surface area (Å²) in [6.45, 7) is 4.15. The van der Waals surface area contributed by atoms with Crippen molar-refractivity contribution in [3.8, 4) is 0 Å². The molecule has 0 fully saturated rings. The number of amides is 1. The van der Waals surface area contributed by atoms with Crippen LogP contribution in [0.1, 0.15) is 41.9 Å². The Hall–Kier alpha value is -2.14. The number of imidazole rings is 1. The minimum absolute atomic E-state index is 0.0791. The molecule has 118 valence electrons. The predicted molar refractivity (Wildman–Crippen MR) is 85.7 cm³/mol. The van der Waals surface area contributed by atoms with E-state index in [0.717, 1.165) is 24.1 Å². The molecule has 0 aliphatic rings. The highest BCUT2D eigenvalue weighted by Gasteiger charge is 2.13. The van der Waals surface area contributed by atoms with Gasteiger partial charge in [0.25, 0.3) is 5.91 Å². The maximum Gasteiger partial charge on any atom is 0.251 e. The highest BCUT2D eigenvalue weighted by molar-refractivity contribution is 5.94. The minimum Gasteiger partial charge on any atom is -0.390 e. The van der Waals surface area contributed by atoms with Gasteiger partial charge < -0.3 is 15.4 Å². The lowest BCUT2D eigenvalue weighted by molar-refractivity contribution is 0.0714.